The van der Waals surface area contributed by atoms with Gasteiger partial charge in [-0.05, 0) is 44.9 Å². The Morgan fingerprint density at radius 3 is 2.55 bits per heavy atom. The SMILES string of the molecule is COc1cccc(CC(CNC(=O)OC(C)(C)C)C(=O)O)c1. The van der Waals surface area contributed by atoms with Crippen molar-refractivity contribution in [2.45, 2.75) is 32.8 Å². The number of carboxylic acid groups (broad SMARTS) is 1. The molecule has 6 nitrogen and oxygen atoms in total. The Morgan fingerprint density at radius 1 is 1.32 bits per heavy atom. The lowest BCUT2D eigenvalue weighted by atomic mass is 9.99. The first kappa shape index (κ1) is 17.8. The Labute approximate surface area is 130 Å². The summed E-state index contributed by atoms with van der Waals surface area (Å²) in [6.07, 6.45) is -0.327. The van der Waals surface area contributed by atoms with Crippen molar-refractivity contribution in [2.75, 3.05) is 13.7 Å². The van der Waals surface area contributed by atoms with E-state index in [9.17, 15) is 14.7 Å². The molecule has 0 aliphatic heterocycles. The highest BCUT2D eigenvalue weighted by molar-refractivity contribution is 5.73. The minimum Gasteiger partial charge on any atom is -0.497 e. The summed E-state index contributed by atoms with van der Waals surface area (Å²) < 4.78 is 10.2. The zero-order valence-corrected chi connectivity index (χ0v) is 13.4. The van der Waals surface area contributed by atoms with Gasteiger partial charge in [0.05, 0.1) is 13.0 Å². The number of nitrogens with one attached hydrogen (secondary N) is 1. The van der Waals surface area contributed by atoms with Crippen LogP contribution in [0, 0.1) is 5.92 Å². The van der Waals surface area contributed by atoms with Crippen LogP contribution in [-0.2, 0) is 16.0 Å². The van der Waals surface area contributed by atoms with Crippen molar-refractivity contribution in [3.8, 4) is 5.75 Å². The molecule has 2 N–H and O–H groups in total. The number of amides is 1. The molecule has 0 heterocycles. The number of carboxylic acids is 1. The predicted molar refractivity (Wildman–Crippen MR) is 82.1 cm³/mol. The molecule has 1 amide bonds. The first-order valence-electron chi connectivity index (χ1n) is 7.04. The van der Waals surface area contributed by atoms with Crippen LogP contribution in [-0.4, -0.2) is 36.4 Å². The van der Waals surface area contributed by atoms with Crippen LogP contribution in [0.25, 0.3) is 0 Å². The second kappa shape index (κ2) is 7.68. The topological polar surface area (TPSA) is 84.9 Å². The summed E-state index contributed by atoms with van der Waals surface area (Å²) in [4.78, 5) is 22.9. The number of aliphatic carboxylic acids is 1. The average molecular weight is 309 g/mol. The minimum absolute atomic E-state index is 0.00144. The molecule has 0 saturated carbocycles. The summed E-state index contributed by atoms with van der Waals surface area (Å²) in [6.45, 7) is 5.24. The smallest absolute Gasteiger partial charge is 0.407 e. The lowest BCUT2D eigenvalue weighted by Gasteiger charge is -2.21. The predicted octanol–water partition coefficient (Wildman–Crippen LogP) is 2.46. The maximum Gasteiger partial charge on any atom is 0.407 e. The van der Waals surface area contributed by atoms with E-state index in [0.717, 1.165) is 5.56 Å². The molecular weight excluding hydrogens is 286 g/mol. The molecule has 1 aromatic rings. The number of benzene rings is 1. The van der Waals surface area contributed by atoms with E-state index in [0.29, 0.717) is 12.2 Å². The molecule has 0 aliphatic rings. The maximum atomic E-state index is 11.6. The van der Waals surface area contributed by atoms with E-state index in [-0.39, 0.29) is 6.54 Å². The minimum atomic E-state index is -0.973. The first-order chi connectivity index (χ1) is 10.2. The molecule has 0 radical (unpaired) electrons. The first-order valence-corrected chi connectivity index (χ1v) is 7.04. The Bertz CT molecular complexity index is 522. The zero-order chi connectivity index (χ0) is 16.8. The summed E-state index contributed by atoms with van der Waals surface area (Å²) in [7, 11) is 1.55. The lowest BCUT2D eigenvalue weighted by Crippen LogP contribution is -2.37. The molecule has 0 aliphatic carbocycles. The van der Waals surface area contributed by atoms with Crippen LogP contribution >= 0.6 is 0 Å². The van der Waals surface area contributed by atoms with Gasteiger partial charge in [0.15, 0.2) is 0 Å². The van der Waals surface area contributed by atoms with E-state index in [1.807, 2.05) is 6.07 Å². The summed E-state index contributed by atoms with van der Waals surface area (Å²) in [5, 5.41) is 11.8. The largest absolute Gasteiger partial charge is 0.497 e. The van der Waals surface area contributed by atoms with Gasteiger partial charge < -0.3 is 19.9 Å². The van der Waals surface area contributed by atoms with Crippen molar-refractivity contribution in [1.82, 2.24) is 5.32 Å². The molecule has 1 unspecified atom stereocenters. The number of ether oxygens (including phenoxy) is 2. The molecule has 0 saturated heterocycles. The molecule has 22 heavy (non-hydrogen) atoms. The third-order valence-corrected chi connectivity index (χ3v) is 2.86. The lowest BCUT2D eigenvalue weighted by molar-refractivity contribution is -0.141. The summed E-state index contributed by atoms with van der Waals surface area (Å²) >= 11 is 0. The summed E-state index contributed by atoms with van der Waals surface area (Å²) in [6, 6.07) is 7.20. The summed E-state index contributed by atoms with van der Waals surface area (Å²) in [5.74, 6) is -1.04. The van der Waals surface area contributed by atoms with Crippen LogP contribution < -0.4 is 10.1 Å². The van der Waals surface area contributed by atoms with Crippen molar-refractivity contribution in [3.05, 3.63) is 29.8 Å². The number of rotatable bonds is 6. The van der Waals surface area contributed by atoms with Crippen LogP contribution in [0.15, 0.2) is 24.3 Å². The van der Waals surface area contributed by atoms with E-state index in [1.54, 1.807) is 46.1 Å². The van der Waals surface area contributed by atoms with Crippen LogP contribution in [0.2, 0.25) is 0 Å². The number of alkyl carbamates (subject to hydrolysis) is 1. The van der Waals surface area contributed by atoms with Gasteiger partial charge in [-0.2, -0.15) is 0 Å². The maximum absolute atomic E-state index is 11.6. The molecule has 1 rings (SSSR count). The van der Waals surface area contributed by atoms with Crippen molar-refractivity contribution in [3.63, 3.8) is 0 Å². The number of carbonyl (C=O) groups is 2. The molecule has 1 atom stereocenters. The molecule has 0 fully saturated rings. The van der Waals surface area contributed by atoms with Gasteiger partial charge in [0.1, 0.15) is 11.4 Å². The number of hydrogen-bond donors (Lipinski definition) is 2. The van der Waals surface area contributed by atoms with Crippen molar-refractivity contribution < 1.29 is 24.2 Å². The van der Waals surface area contributed by atoms with Crippen LogP contribution in [0.3, 0.4) is 0 Å². The fourth-order valence-electron chi connectivity index (χ4n) is 1.85. The van der Waals surface area contributed by atoms with Crippen molar-refractivity contribution >= 4 is 12.1 Å². The van der Waals surface area contributed by atoms with E-state index in [2.05, 4.69) is 5.32 Å². The van der Waals surface area contributed by atoms with Gasteiger partial charge in [-0.1, -0.05) is 12.1 Å². The molecule has 0 spiro atoms. The quantitative estimate of drug-likeness (QED) is 0.843. The van der Waals surface area contributed by atoms with Gasteiger partial charge in [-0.3, -0.25) is 4.79 Å². The Morgan fingerprint density at radius 2 is 2.00 bits per heavy atom. The highest BCUT2D eigenvalue weighted by Gasteiger charge is 2.21. The number of methoxy groups -OCH3 is 1. The molecule has 6 heteroatoms. The Hall–Kier alpha value is -2.24. The van der Waals surface area contributed by atoms with Crippen LogP contribution in [0.5, 0.6) is 5.75 Å². The van der Waals surface area contributed by atoms with Gasteiger partial charge in [0, 0.05) is 6.54 Å². The fourth-order valence-corrected chi connectivity index (χ4v) is 1.85. The molecule has 0 aromatic heterocycles. The van der Waals surface area contributed by atoms with Crippen molar-refractivity contribution in [2.24, 2.45) is 5.92 Å². The highest BCUT2D eigenvalue weighted by Crippen LogP contribution is 2.16. The van der Waals surface area contributed by atoms with Gasteiger partial charge in [0.2, 0.25) is 0 Å². The molecule has 122 valence electrons. The van der Waals surface area contributed by atoms with Crippen molar-refractivity contribution in [1.29, 1.82) is 0 Å². The van der Waals surface area contributed by atoms with Crippen LogP contribution in [0.4, 0.5) is 4.79 Å². The number of hydrogen-bond acceptors (Lipinski definition) is 4. The molecule has 0 bridgehead atoms. The second-order valence-electron chi connectivity index (χ2n) is 5.97. The molecular formula is C16H23NO5. The van der Waals surface area contributed by atoms with Gasteiger partial charge in [-0.25, -0.2) is 4.79 Å². The Balaban J connectivity index is 2.62. The second-order valence-corrected chi connectivity index (χ2v) is 5.97. The zero-order valence-electron chi connectivity index (χ0n) is 13.4. The van der Waals surface area contributed by atoms with E-state index >= 15 is 0 Å². The van der Waals surface area contributed by atoms with Gasteiger partial charge >= 0.3 is 12.1 Å². The third kappa shape index (κ3) is 6.47. The van der Waals surface area contributed by atoms with Gasteiger partial charge in [-0.15, -0.1) is 0 Å². The fraction of sp³-hybridized carbons (Fsp3) is 0.500. The monoisotopic (exact) mass is 309 g/mol. The standard InChI is InChI=1S/C16H23NO5/c1-16(2,3)22-15(20)17-10-12(14(18)19)8-11-6-5-7-13(9-11)21-4/h5-7,9,12H,8,10H2,1-4H3,(H,17,20)(H,18,19). The van der Waals surface area contributed by atoms with E-state index in [1.165, 1.54) is 0 Å². The highest BCUT2D eigenvalue weighted by atomic mass is 16.6. The van der Waals surface area contributed by atoms with Crippen LogP contribution in [0.1, 0.15) is 26.3 Å². The van der Waals surface area contributed by atoms with Gasteiger partial charge in [0.25, 0.3) is 0 Å². The normalized spacial score (nSPS) is 12.4. The summed E-state index contributed by atoms with van der Waals surface area (Å²) in [5.41, 5.74) is 0.216. The third-order valence-electron chi connectivity index (χ3n) is 2.86. The van der Waals surface area contributed by atoms with E-state index < -0.39 is 23.6 Å². The number of carbonyl (C=O) groups excluding carboxylic acids is 1. The van der Waals surface area contributed by atoms with E-state index in [4.69, 9.17) is 9.47 Å². The Kier molecular flexibility index (Phi) is 6.22. The average Bonchev–Trinajstić information content (AvgIpc) is 2.41. The molecule has 1 aromatic carbocycles.